The number of anilines is 2. The van der Waals surface area contributed by atoms with Gasteiger partial charge in [0.1, 0.15) is 11.3 Å². The minimum atomic E-state index is -0.205. The van der Waals surface area contributed by atoms with E-state index in [4.69, 9.17) is 9.26 Å². The first-order valence-corrected chi connectivity index (χ1v) is 10.7. The van der Waals surface area contributed by atoms with Gasteiger partial charge < -0.3 is 19.9 Å². The monoisotopic (exact) mass is 451 g/mol. The lowest BCUT2D eigenvalue weighted by Gasteiger charge is -2.07. The highest BCUT2D eigenvalue weighted by Crippen LogP contribution is 2.35. The lowest BCUT2D eigenvalue weighted by Crippen LogP contribution is -2.12. The predicted molar refractivity (Wildman–Crippen MR) is 122 cm³/mol. The first-order valence-electron chi connectivity index (χ1n) is 9.87. The van der Waals surface area contributed by atoms with Crippen molar-refractivity contribution >= 4 is 44.2 Å². The summed E-state index contributed by atoms with van der Waals surface area (Å²) >= 11 is 1.30. The van der Waals surface area contributed by atoms with Gasteiger partial charge in [0.25, 0.3) is 0 Å². The molecule has 0 saturated heterocycles. The van der Waals surface area contributed by atoms with E-state index in [1.165, 1.54) is 25.4 Å². The number of aromatic nitrogens is 3. The van der Waals surface area contributed by atoms with Gasteiger partial charge in [-0.05, 0) is 13.0 Å². The van der Waals surface area contributed by atoms with Crippen molar-refractivity contribution in [2.24, 2.45) is 0 Å². The van der Waals surface area contributed by atoms with E-state index in [-0.39, 0.29) is 18.2 Å². The van der Waals surface area contributed by atoms with Gasteiger partial charge in [-0.25, -0.2) is 4.98 Å². The van der Waals surface area contributed by atoms with Crippen LogP contribution in [0.3, 0.4) is 0 Å². The Hall–Kier alpha value is -3.79. The number of carbonyl (C=O) groups is 2. The second-order valence-corrected chi connectivity index (χ2v) is 8.18. The highest BCUT2D eigenvalue weighted by atomic mass is 32.1. The molecule has 0 unspecified atom stereocenters. The van der Waals surface area contributed by atoms with Crippen LogP contribution in [0.25, 0.3) is 21.6 Å². The third kappa shape index (κ3) is 4.92. The van der Waals surface area contributed by atoms with Gasteiger partial charge in [0.05, 0.1) is 11.8 Å². The van der Waals surface area contributed by atoms with E-state index in [9.17, 15) is 9.59 Å². The molecule has 2 heterocycles. The average Bonchev–Trinajstić information content (AvgIpc) is 3.38. The Balaban J connectivity index is 1.41. The maximum Gasteiger partial charge on any atom is 0.227 e. The molecule has 0 saturated carbocycles. The van der Waals surface area contributed by atoms with Crippen LogP contribution in [0.2, 0.25) is 0 Å². The Morgan fingerprint density at radius 3 is 2.62 bits per heavy atom. The number of aryl methyl sites for hydroxylation is 2. The fourth-order valence-corrected chi connectivity index (χ4v) is 4.02. The molecule has 0 aliphatic rings. The topological polar surface area (TPSA) is 119 Å². The van der Waals surface area contributed by atoms with Gasteiger partial charge in [0, 0.05) is 37.1 Å². The minimum Gasteiger partial charge on any atom is -0.494 e. The van der Waals surface area contributed by atoms with E-state index in [0.29, 0.717) is 40.2 Å². The molecule has 32 heavy (non-hydrogen) atoms. The Labute approximate surface area is 187 Å². The second kappa shape index (κ2) is 9.15. The number of thiazole rings is 1. The zero-order chi connectivity index (χ0) is 22.7. The van der Waals surface area contributed by atoms with E-state index in [1.807, 2.05) is 31.2 Å². The zero-order valence-corrected chi connectivity index (χ0v) is 18.6. The summed E-state index contributed by atoms with van der Waals surface area (Å²) in [6.45, 7) is 3.43. The van der Waals surface area contributed by atoms with Gasteiger partial charge in [-0.2, -0.15) is 4.98 Å². The van der Waals surface area contributed by atoms with Gasteiger partial charge >= 0.3 is 0 Å². The summed E-state index contributed by atoms with van der Waals surface area (Å²) in [5.41, 5.74) is 3.20. The van der Waals surface area contributed by atoms with Gasteiger partial charge in [0.2, 0.25) is 23.5 Å². The van der Waals surface area contributed by atoms with Crippen molar-refractivity contribution in [1.82, 2.24) is 15.1 Å². The number of benzene rings is 2. The number of amides is 2. The average molecular weight is 452 g/mol. The maximum atomic E-state index is 12.5. The number of fused-ring (bicyclic) bond motifs is 1. The summed E-state index contributed by atoms with van der Waals surface area (Å²) in [6.07, 6.45) is 0.493. The van der Waals surface area contributed by atoms with Gasteiger partial charge in [-0.3, -0.25) is 9.59 Å². The smallest absolute Gasteiger partial charge is 0.227 e. The Morgan fingerprint density at radius 1 is 1.12 bits per heavy atom. The normalized spacial score (nSPS) is 10.8. The Kier molecular flexibility index (Phi) is 6.13. The molecule has 0 fully saturated rings. The summed E-state index contributed by atoms with van der Waals surface area (Å²) in [5, 5.41) is 9.97. The molecule has 2 amide bonds. The molecule has 2 aromatic carbocycles. The second-order valence-electron chi connectivity index (χ2n) is 7.15. The quantitative estimate of drug-likeness (QED) is 0.432. The lowest BCUT2D eigenvalue weighted by molar-refractivity contribution is -0.116. The van der Waals surface area contributed by atoms with Crippen LogP contribution >= 0.6 is 11.3 Å². The molecule has 0 atom stereocenters. The molecule has 2 aromatic heterocycles. The molecule has 0 bridgehead atoms. The molecule has 0 aliphatic heterocycles. The first-order chi connectivity index (χ1) is 15.4. The number of hydrogen-bond donors (Lipinski definition) is 2. The van der Waals surface area contributed by atoms with E-state index < -0.39 is 0 Å². The van der Waals surface area contributed by atoms with Gasteiger partial charge in [-0.1, -0.05) is 46.3 Å². The molecule has 2 N–H and O–H groups in total. The molecule has 9 nitrogen and oxygen atoms in total. The third-order valence-corrected chi connectivity index (χ3v) is 5.51. The molecular formula is C22H21N5O4S. The fourth-order valence-electron chi connectivity index (χ4n) is 3.05. The van der Waals surface area contributed by atoms with Crippen LogP contribution in [0.5, 0.6) is 5.75 Å². The van der Waals surface area contributed by atoms with E-state index >= 15 is 0 Å². The summed E-state index contributed by atoms with van der Waals surface area (Å²) in [6, 6.07) is 11.3. The molecule has 0 aliphatic carbocycles. The maximum absolute atomic E-state index is 12.5. The van der Waals surface area contributed by atoms with Gasteiger partial charge in [0.15, 0.2) is 5.13 Å². The number of ether oxygens (including phenoxy) is 1. The summed E-state index contributed by atoms with van der Waals surface area (Å²) in [5.74, 6) is 0.989. The third-order valence-electron chi connectivity index (χ3n) is 4.59. The number of nitrogens with zero attached hydrogens (tertiary/aromatic N) is 3. The van der Waals surface area contributed by atoms with Crippen LogP contribution in [-0.4, -0.2) is 34.0 Å². The van der Waals surface area contributed by atoms with E-state index in [0.717, 1.165) is 15.8 Å². The molecule has 0 radical (unpaired) electrons. The molecule has 0 spiro atoms. The summed E-state index contributed by atoms with van der Waals surface area (Å²) in [7, 11) is 1.53. The minimum absolute atomic E-state index is 0.176. The lowest BCUT2D eigenvalue weighted by atomic mass is 10.1. The van der Waals surface area contributed by atoms with Crippen molar-refractivity contribution in [3.63, 3.8) is 0 Å². The highest BCUT2D eigenvalue weighted by Gasteiger charge is 2.15. The molecular weight excluding hydrogens is 430 g/mol. The molecule has 164 valence electrons. The zero-order valence-electron chi connectivity index (χ0n) is 17.8. The van der Waals surface area contributed by atoms with E-state index in [1.54, 1.807) is 12.1 Å². The van der Waals surface area contributed by atoms with Crippen molar-refractivity contribution < 1.29 is 18.8 Å². The van der Waals surface area contributed by atoms with Crippen LogP contribution in [0, 0.1) is 6.92 Å². The van der Waals surface area contributed by atoms with Crippen molar-refractivity contribution in [3.05, 3.63) is 47.9 Å². The van der Waals surface area contributed by atoms with Gasteiger partial charge in [-0.15, -0.1) is 0 Å². The SMILES string of the molecule is COc1cc(NC(=O)CCc2nc(-c3ccc(C)cc3)no2)cc2sc(NC(C)=O)nc12. The fraction of sp³-hybridized carbons (Fsp3) is 0.227. The van der Waals surface area contributed by atoms with Crippen molar-refractivity contribution in [2.45, 2.75) is 26.7 Å². The van der Waals surface area contributed by atoms with Crippen LogP contribution < -0.4 is 15.4 Å². The van der Waals surface area contributed by atoms with Crippen molar-refractivity contribution in [1.29, 1.82) is 0 Å². The molecule has 4 aromatic rings. The van der Waals surface area contributed by atoms with Crippen LogP contribution in [0.15, 0.2) is 40.9 Å². The molecule has 10 heteroatoms. The summed E-state index contributed by atoms with van der Waals surface area (Å²) < 4.78 is 11.5. The highest BCUT2D eigenvalue weighted by molar-refractivity contribution is 7.22. The number of carbonyl (C=O) groups excluding carboxylic acids is 2. The van der Waals surface area contributed by atoms with Crippen molar-refractivity contribution in [2.75, 3.05) is 17.7 Å². The molecule has 4 rings (SSSR count). The Bertz CT molecular complexity index is 1280. The number of rotatable bonds is 7. The van der Waals surface area contributed by atoms with Crippen molar-refractivity contribution in [3.8, 4) is 17.1 Å². The standard InChI is InChI=1S/C22H21N5O4S/c1-12-4-6-14(7-5-12)21-25-19(31-27-21)9-8-18(29)24-15-10-16(30-3)20-17(11-15)32-22(26-20)23-13(2)28/h4-7,10-11H,8-9H2,1-3H3,(H,24,29)(H,23,26,28). The number of hydrogen-bond acceptors (Lipinski definition) is 8. The van der Waals surface area contributed by atoms with Crippen LogP contribution in [-0.2, 0) is 16.0 Å². The van der Waals surface area contributed by atoms with Crippen LogP contribution in [0.4, 0.5) is 10.8 Å². The summed E-state index contributed by atoms with van der Waals surface area (Å²) in [4.78, 5) is 32.5. The predicted octanol–water partition coefficient (Wildman–Crippen LogP) is 4.19. The first kappa shape index (κ1) is 21.4. The Morgan fingerprint density at radius 2 is 1.91 bits per heavy atom. The number of methoxy groups -OCH3 is 1. The number of nitrogens with one attached hydrogen (secondary N) is 2. The largest absolute Gasteiger partial charge is 0.494 e. The van der Waals surface area contributed by atoms with Crippen LogP contribution in [0.1, 0.15) is 24.8 Å². The van der Waals surface area contributed by atoms with E-state index in [2.05, 4.69) is 25.8 Å².